The lowest BCUT2D eigenvalue weighted by Gasteiger charge is -2.03. The van der Waals surface area contributed by atoms with Crippen LogP contribution in [0.3, 0.4) is 0 Å². The number of amides is 1. The number of hydrogen-bond acceptors (Lipinski definition) is 4. The van der Waals surface area contributed by atoms with E-state index in [-0.39, 0.29) is 5.91 Å². The number of rotatable bonds is 4. The minimum Gasteiger partial charge on any atom is -0.466 e. The number of nitrogens with one attached hydrogen (secondary N) is 1. The number of hydrazone groups is 1. The van der Waals surface area contributed by atoms with E-state index in [4.69, 9.17) is 4.42 Å². The van der Waals surface area contributed by atoms with Gasteiger partial charge in [-0.25, -0.2) is 10.1 Å². The smallest absolute Gasteiger partial charge is 0.274 e. The van der Waals surface area contributed by atoms with Crippen LogP contribution in [0.25, 0.3) is 5.69 Å². The van der Waals surface area contributed by atoms with Crippen molar-refractivity contribution in [3.8, 4) is 5.69 Å². The van der Waals surface area contributed by atoms with Crippen molar-refractivity contribution < 1.29 is 9.21 Å². The van der Waals surface area contributed by atoms with Gasteiger partial charge in [0.15, 0.2) is 0 Å². The molecule has 128 valence electrons. The molecule has 0 bridgehead atoms. The second-order valence-electron chi connectivity index (χ2n) is 5.86. The molecule has 3 aromatic rings. The molecule has 0 atom stereocenters. The van der Waals surface area contributed by atoms with Gasteiger partial charge < -0.3 is 4.42 Å². The van der Waals surface area contributed by atoms with E-state index in [0.717, 1.165) is 22.6 Å². The SMILES string of the molecule is Cc1cc(C(=O)N/N=C/c2c(C)nn(-c3ccccc3)c2C)c(C)o1. The van der Waals surface area contributed by atoms with E-state index in [1.54, 1.807) is 26.1 Å². The van der Waals surface area contributed by atoms with Crippen molar-refractivity contribution in [2.75, 3.05) is 0 Å². The Bertz CT molecular complexity index is 936. The first-order valence-electron chi connectivity index (χ1n) is 7.99. The Morgan fingerprint density at radius 2 is 1.92 bits per heavy atom. The van der Waals surface area contributed by atoms with Crippen LogP contribution in [-0.2, 0) is 0 Å². The molecule has 0 radical (unpaired) electrons. The van der Waals surface area contributed by atoms with Gasteiger partial charge in [0.05, 0.1) is 28.9 Å². The molecule has 1 aromatic carbocycles. The normalized spacial score (nSPS) is 11.2. The summed E-state index contributed by atoms with van der Waals surface area (Å²) >= 11 is 0. The third-order valence-corrected chi connectivity index (χ3v) is 3.99. The maximum atomic E-state index is 12.2. The first kappa shape index (κ1) is 16.7. The first-order chi connectivity index (χ1) is 12.0. The Morgan fingerprint density at radius 1 is 1.20 bits per heavy atom. The fraction of sp³-hybridized carbons (Fsp3) is 0.211. The van der Waals surface area contributed by atoms with Crippen LogP contribution in [0.1, 0.15) is 38.8 Å². The Kier molecular flexibility index (Phi) is 4.52. The van der Waals surface area contributed by atoms with Gasteiger partial charge in [-0.3, -0.25) is 4.79 Å². The highest BCUT2D eigenvalue weighted by Gasteiger charge is 2.14. The zero-order chi connectivity index (χ0) is 18.0. The molecule has 0 saturated carbocycles. The number of para-hydroxylation sites is 1. The third kappa shape index (κ3) is 3.38. The van der Waals surface area contributed by atoms with Crippen molar-refractivity contribution in [1.29, 1.82) is 0 Å². The van der Waals surface area contributed by atoms with E-state index < -0.39 is 0 Å². The lowest BCUT2D eigenvalue weighted by atomic mass is 10.2. The van der Waals surface area contributed by atoms with E-state index in [9.17, 15) is 4.79 Å². The summed E-state index contributed by atoms with van der Waals surface area (Å²) in [6.45, 7) is 7.44. The fourth-order valence-corrected chi connectivity index (χ4v) is 2.73. The van der Waals surface area contributed by atoms with Crippen LogP contribution in [0.5, 0.6) is 0 Å². The summed E-state index contributed by atoms with van der Waals surface area (Å²) in [4.78, 5) is 12.2. The minimum atomic E-state index is -0.295. The number of carbonyl (C=O) groups is 1. The summed E-state index contributed by atoms with van der Waals surface area (Å²) < 4.78 is 7.23. The number of benzene rings is 1. The van der Waals surface area contributed by atoms with Crippen molar-refractivity contribution in [1.82, 2.24) is 15.2 Å². The van der Waals surface area contributed by atoms with Gasteiger partial charge >= 0.3 is 0 Å². The highest BCUT2D eigenvalue weighted by Crippen LogP contribution is 2.16. The molecular formula is C19H20N4O2. The number of furan rings is 1. The predicted molar refractivity (Wildman–Crippen MR) is 96.3 cm³/mol. The molecule has 6 heteroatoms. The maximum absolute atomic E-state index is 12.2. The summed E-state index contributed by atoms with van der Waals surface area (Å²) in [5, 5.41) is 8.63. The van der Waals surface area contributed by atoms with Gasteiger partial charge in [-0.05, 0) is 45.9 Å². The molecule has 1 amide bonds. The number of nitrogens with zero attached hydrogens (tertiary/aromatic N) is 3. The predicted octanol–water partition coefficient (Wildman–Crippen LogP) is 3.46. The van der Waals surface area contributed by atoms with Crippen molar-refractivity contribution in [3.63, 3.8) is 0 Å². The first-order valence-corrected chi connectivity index (χ1v) is 7.99. The summed E-state index contributed by atoms with van der Waals surface area (Å²) in [6, 6.07) is 11.6. The monoisotopic (exact) mass is 336 g/mol. The fourth-order valence-electron chi connectivity index (χ4n) is 2.73. The topological polar surface area (TPSA) is 72.4 Å². The Balaban J connectivity index is 1.79. The zero-order valence-corrected chi connectivity index (χ0v) is 14.7. The molecule has 2 aromatic heterocycles. The quantitative estimate of drug-likeness (QED) is 0.586. The van der Waals surface area contributed by atoms with Crippen LogP contribution in [0, 0.1) is 27.7 Å². The van der Waals surface area contributed by atoms with E-state index in [2.05, 4.69) is 15.6 Å². The third-order valence-electron chi connectivity index (χ3n) is 3.99. The van der Waals surface area contributed by atoms with Crippen molar-refractivity contribution in [2.45, 2.75) is 27.7 Å². The van der Waals surface area contributed by atoms with Gasteiger partial charge in [0.1, 0.15) is 11.5 Å². The van der Waals surface area contributed by atoms with E-state index >= 15 is 0 Å². The summed E-state index contributed by atoms with van der Waals surface area (Å²) in [5.74, 6) is 0.980. The molecule has 0 fully saturated rings. The summed E-state index contributed by atoms with van der Waals surface area (Å²) in [6.07, 6.45) is 1.62. The molecule has 6 nitrogen and oxygen atoms in total. The van der Waals surface area contributed by atoms with Crippen molar-refractivity contribution in [2.24, 2.45) is 5.10 Å². The maximum Gasteiger partial charge on any atom is 0.274 e. The van der Waals surface area contributed by atoms with E-state index in [0.29, 0.717) is 17.1 Å². The Hall–Kier alpha value is -3.15. The molecule has 2 heterocycles. The highest BCUT2D eigenvalue weighted by atomic mass is 16.3. The Labute approximate surface area is 146 Å². The number of carbonyl (C=O) groups excluding carboxylic acids is 1. The van der Waals surface area contributed by atoms with Gasteiger partial charge in [0.25, 0.3) is 5.91 Å². The second-order valence-corrected chi connectivity index (χ2v) is 5.86. The number of hydrogen-bond donors (Lipinski definition) is 1. The van der Waals surface area contributed by atoms with Crippen LogP contribution < -0.4 is 5.43 Å². The largest absolute Gasteiger partial charge is 0.466 e. The molecule has 0 aliphatic heterocycles. The van der Waals surface area contributed by atoms with E-state index in [1.165, 1.54) is 0 Å². The van der Waals surface area contributed by atoms with Gasteiger partial charge in [0, 0.05) is 5.56 Å². The molecule has 0 spiro atoms. The molecule has 0 saturated heterocycles. The second kappa shape index (κ2) is 6.76. The minimum absolute atomic E-state index is 0.295. The number of aromatic nitrogens is 2. The van der Waals surface area contributed by atoms with Gasteiger partial charge in [0.2, 0.25) is 0 Å². The molecule has 0 aliphatic rings. The molecule has 0 unspecified atom stereocenters. The van der Waals surface area contributed by atoms with Crippen LogP contribution in [0.2, 0.25) is 0 Å². The lowest BCUT2D eigenvalue weighted by molar-refractivity contribution is 0.0953. The molecule has 25 heavy (non-hydrogen) atoms. The molecule has 0 aliphatic carbocycles. The Morgan fingerprint density at radius 3 is 2.56 bits per heavy atom. The van der Waals surface area contributed by atoms with Crippen molar-refractivity contribution >= 4 is 12.1 Å². The van der Waals surface area contributed by atoms with Gasteiger partial charge in [-0.1, -0.05) is 18.2 Å². The van der Waals surface area contributed by atoms with Gasteiger partial charge in [-0.15, -0.1) is 0 Å². The van der Waals surface area contributed by atoms with Crippen LogP contribution in [0.4, 0.5) is 0 Å². The molecule has 3 rings (SSSR count). The van der Waals surface area contributed by atoms with Gasteiger partial charge in [-0.2, -0.15) is 10.2 Å². The standard InChI is InChI=1S/C19H20N4O2/c1-12-10-17(15(4)25-12)19(24)21-20-11-18-13(2)22-23(14(18)3)16-8-6-5-7-9-16/h5-11H,1-4H3,(H,21,24)/b20-11+. The van der Waals surface area contributed by atoms with Crippen LogP contribution in [-0.4, -0.2) is 21.9 Å². The van der Waals surface area contributed by atoms with E-state index in [1.807, 2.05) is 48.9 Å². The zero-order valence-electron chi connectivity index (χ0n) is 14.7. The molecule has 1 N–H and O–H groups in total. The van der Waals surface area contributed by atoms with Crippen LogP contribution >= 0.6 is 0 Å². The lowest BCUT2D eigenvalue weighted by Crippen LogP contribution is -2.17. The number of aryl methyl sites for hydroxylation is 3. The average molecular weight is 336 g/mol. The molecular weight excluding hydrogens is 316 g/mol. The van der Waals surface area contributed by atoms with Crippen molar-refractivity contribution in [3.05, 3.63) is 70.4 Å². The summed E-state index contributed by atoms with van der Waals surface area (Å²) in [7, 11) is 0. The highest BCUT2D eigenvalue weighted by molar-refractivity contribution is 5.96. The van der Waals surface area contributed by atoms with Crippen LogP contribution in [0.15, 0.2) is 45.9 Å². The summed E-state index contributed by atoms with van der Waals surface area (Å²) in [5.41, 5.74) is 6.69. The average Bonchev–Trinajstić information content (AvgIpc) is 3.08.